The number of amides is 2. The van der Waals surface area contributed by atoms with E-state index in [1.807, 2.05) is 50.3 Å². The Hall–Kier alpha value is -4.40. The van der Waals surface area contributed by atoms with Crippen LogP contribution in [0.25, 0.3) is 5.70 Å². The Morgan fingerprint density at radius 3 is 2.50 bits per heavy atom. The monoisotopic (exact) mass is 518 g/mol. The molecule has 0 saturated carbocycles. The summed E-state index contributed by atoms with van der Waals surface area (Å²) in [5.74, 6) is -0.328. The van der Waals surface area contributed by atoms with Crippen molar-refractivity contribution in [3.8, 4) is 11.5 Å². The Balaban J connectivity index is 1.62. The van der Waals surface area contributed by atoms with E-state index < -0.39 is 11.7 Å². The van der Waals surface area contributed by atoms with Crippen molar-refractivity contribution < 1.29 is 23.5 Å². The van der Waals surface area contributed by atoms with E-state index in [1.165, 1.54) is 12.1 Å². The molecule has 1 aliphatic heterocycles. The average molecular weight is 519 g/mol. The summed E-state index contributed by atoms with van der Waals surface area (Å²) in [7, 11) is 3.14. The summed E-state index contributed by atoms with van der Waals surface area (Å²) in [6.45, 7) is 4.77. The number of aryl methyl sites for hydroxylation is 1. The van der Waals surface area contributed by atoms with Crippen molar-refractivity contribution in [3.05, 3.63) is 89.0 Å². The van der Waals surface area contributed by atoms with Gasteiger partial charge in [-0.05, 0) is 75.2 Å². The minimum absolute atomic E-state index is 0.0242. The number of ether oxygens (including phenoxy) is 2. The van der Waals surface area contributed by atoms with E-state index in [0.717, 1.165) is 29.4 Å². The molecule has 0 spiro atoms. The minimum Gasteiger partial charge on any atom is -0.493 e. The zero-order chi connectivity index (χ0) is 27.2. The third-order valence-electron chi connectivity index (χ3n) is 6.40. The van der Waals surface area contributed by atoms with Gasteiger partial charge in [0.05, 0.1) is 25.6 Å². The second-order valence-corrected chi connectivity index (χ2v) is 8.65. The van der Waals surface area contributed by atoms with Crippen LogP contribution in [0.5, 0.6) is 11.5 Å². The standard InChI is InChI=1S/C29H31FN4O4/c1-5-33(6-2)29(36)20-12-14-23(22(30)16-20)31-28(35)24-18-21-10-8-7-9-11-25(34(21)32-24)19-13-15-26(37-3)27(17-19)38-4/h7,9,11-18H,5-6,8,10H2,1-4H3,(H,31,35)/b9-7-,25-11-. The van der Waals surface area contributed by atoms with Crippen molar-refractivity contribution >= 4 is 23.2 Å². The van der Waals surface area contributed by atoms with E-state index in [0.29, 0.717) is 31.0 Å². The van der Waals surface area contributed by atoms with Crippen LogP contribution in [0.4, 0.5) is 10.1 Å². The second-order valence-electron chi connectivity index (χ2n) is 8.65. The molecule has 9 heteroatoms. The minimum atomic E-state index is -0.691. The van der Waals surface area contributed by atoms with E-state index in [1.54, 1.807) is 29.9 Å². The van der Waals surface area contributed by atoms with E-state index in [-0.39, 0.29) is 22.9 Å². The highest BCUT2D eigenvalue weighted by Crippen LogP contribution is 2.32. The van der Waals surface area contributed by atoms with Crippen molar-refractivity contribution in [3.63, 3.8) is 0 Å². The van der Waals surface area contributed by atoms with Crippen molar-refractivity contribution in [1.29, 1.82) is 0 Å². The second kappa shape index (κ2) is 11.8. The van der Waals surface area contributed by atoms with Crippen LogP contribution in [0.2, 0.25) is 0 Å². The number of aromatic nitrogens is 2. The molecule has 0 saturated heterocycles. The fourth-order valence-electron chi connectivity index (χ4n) is 4.32. The van der Waals surface area contributed by atoms with Gasteiger partial charge in [0.15, 0.2) is 17.2 Å². The SMILES string of the molecule is CCN(CC)C(=O)c1ccc(NC(=O)c2cc3n(n2)/C(c2ccc(OC)c(OC)c2)=C\C=C/CC3)c(F)c1. The van der Waals surface area contributed by atoms with Crippen LogP contribution in [0.3, 0.4) is 0 Å². The van der Waals surface area contributed by atoms with Crippen molar-refractivity contribution in [2.45, 2.75) is 26.7 Å². The number of hydrogen-bond acceptors (Lipinski definition) is 5. The lowest BCUT2D eigenvalue weighted by molar-refractivity contribution is 0.0772. The number of hydrogen-bond donors (Lipinski definition) is 1. The number of fused-ring (bicyclic) bond motifs is 1. The molecule has 2 aromatic carbocycles. The van der Waals surface area contributed by atoms with Crippen molar-refractivity contribution in [2.24, 2.45) is 0 Å². The number of carbonyl (C=O) groups excluding carboxylic acids is 2. The summed E-state index contributed by atoms with van der Waals surface area (Å²) >= 11 is 0. The number of methoxy groups -OCH3 is 2. The molecular formula is C29H31FN4O4. The maximum absolute atomic E-state index is 14.9. The van der Waals surface area contributed by atoms with E-state index in [2.05, 4.69) is 10.4 Å². The van der Waals surface area contributed by atoms with Gasteiger partial charge in [0, 0.05) is 29.9 Å². The highest BCUT2D eigenvalue weighted by atomic mass is 19.1. The predicted octanol–water partition coefficient (Wildman–Crippen LogP) is 5.17. The van der Waals surface area contributed by atoms with Crippen LogP contribution in [-0.2, 0) is 6.42 Å². The van der Waals surface area contributed by atoms with Gasteiger partial charge in [0.2, 0.25) is 0 Å². The smallest absolute Gasteiger partial charge is 0.276 e. The molecule has 2 heterocycles. The lowest BCUT2D eigenvalue weighted by Gasteiger charge is -2.18. The number of allylic oxidation sites excluding steroid dienone is 3. The van der Waals surface area contributed by atoms with Gasteiger partial charge < -0.3 is 19.7 Å². The Morgan fingerprint density at radius 1 is 1.05 bits per heavy atom. The number of rotatable bonds is 8. The normalized spacial score (nSPS) is 14.8. The number of anilines is 1. The highest BCUT2D eigenvalue weighted by molar-refractivity contribution is 6.03. The summed E-state index contributed by atoms with van der Waals surface area (Å²) in [5, 5.41) is 7.16. The van der Waals surface area contributed by atoms with Gasteiger partial charge in [-0.15, -0.1) is 0 Å². The average Bonchev–Trinajstić information content (AvgIpc) is 3.33. The molecule has 1 N–H and O–H groups in total. The topological polar surface area (TPSA) is 85.7 Å². The first kappa shape index (κ1) is 26.7. The molecule has 4 rings (SSSR count). The molecule has 1 aromatic heterocycles. The number of carbonyl (C=O) groups is 2. The summed E-state index contributed by atoms with van der Waals surface area (Å²) in [5.41, 5.74) is 2.76. The zero-order valence-electron chi connectivity index (χ0n) is 22.0. The first-order valence-electron chi connectivity index (χ1n) is 12.5. The van der Waals surface area contributed by atoms with Crippen LogP contribution < -0.4 is 14.8 Å². The Bertz CT molecular complexity index is 1410. The first-order chi connectivity index (χ1) is 18.4. The van der Waals surface area contributed by atoms with Crippen LogP contribution >= 0.6 is 0 Å². The lowest BCUT2D eigenvalue weighted by Crippen LogP contribution is -2.30. The van der Waals surface area contributed by atoms with Crippen molar-refractivity contribution in [2.75, 3.05) is 32.6 Å². The van der Waals surface area contributed by atoms with E-state index in [9.17, 15) is 14.0 Å². The molecule has 0 radical (unpaired) electrons. The molecular weight excluding hydrogens is 487 g/mol. The van der Waals surface area contributed by atoms with Crippen LogP contribution in [0.1, 0.15) is 52.4 Å². The third-order valence-corrected chi connectivity index (χ3v) is 6.40. The largest absolute Gasteiger partial charge is 0.493 e. The van der Waals surface area contributed by atoms with Gasteiger partial charge in [-0.2, -0.15) is 5.10 Å². The molecule has 0 unspecified atom stereocenters. The van der Waals surface area contributed by atoms with E-state index in [4.69, 9.17) is 9.47 Å². The maximum atomic E-state index is 14.9. The molecule has 0 fully saturated rings. The number of nitrogens with zero attached hydrogens (tertiary/aromatic N) is 3. The quantitative estimate of drug-likeness (QED) is 0.445. The van der Waals surface area contributed by atoms with Crippen molar-refractivity contribution in [1.82, 2.24) is 14.7 Å². The molecule has 198 valence electrons. The molecule has 0 aliphatic carbocycles. The lowest BCUT2D eigenvalue weighted by atomic mass is 10.1. The van der Waals surface area contributed by atoms with Gasteiger partial charge in [0.25, 0.3) is 11.8 Å². The summed E-state index contributed by atoms with van der Waals surface area (Å²) in [6, 6.07) is 11.3. The molecule has 0 atom stereocenters. The van der Waals surface area contributed by atoms with Gasteiger partial charge >= 0.3 is 0 Å². The maximum Gasteiger partial charge on any atom is 0.276 e. The Kier molecular flexibility index (Phi) is 8.25. The molecule has 38 heavy (non-hydrogen) atoms. The number of nitrogens with one attached hydrogen (secondary N) is 1. The Morgan fingerprint density at radius 2 is 1.82 bits per heavy atom. The highest BCUT2D eigenvalue weighted by Gasteiger charge is 2.21. The van der Waals surface area contributed by atoms with Crippen LogP contribution in [0, 0.1) is 5.82 Å². The van der Waals surface area contributed by atoms with Crippen LogP contribution in [0.15, 0.2) is 60.7 Å². The molecule has 2 amide bonds. The number of benzene rings is 2. The van der Waals surface area contributed by atoms with Gasteiger partial charge in [-0.25, -0.2) is 9.07 Å². The van der Waals surface area contributed by atoms with Crippen LogP contribution in [-0.4, -0.2) is 53.8 Å². The number of halogens is 1. The zero-order valence-corrected chi connectivity index (χ0v) is 22.0. The van der Waals surface area contributed by atoms with Gasteiger partial charge in [-0.1, -0.05) is 12.2 Å². The summed E-state index contributed by atoms with van der Waals surface area (Å²) in [4.78, 5) is 27.2. The molecule has 3 aromatic rings. The fraction of sp³-hybridized carbons (Fsp3) is 0.276. The van der Waals surface area contributed by atoms with E-state index >= 15 is 0 Å². The van der Waals surface area contributed by atoms with Gasteiger partial charge in [0.1, 0.15) is 5.82 Å². The first-order valence-corrected chi connectivity index (χ1v) is 12.5. The summed E-state index contributed by atoms with van der Waals surface area (Å²) in [6.07, 6.45) is 7.36. The molecule has 8 nitrogen and oxygen atoms in total. The molecule has 0 bridgehead atoms. The predicted molar refractivity (Wildman–Crippen MR) is 144 cm³/mol. The molecule has 1 aliphatic rings. The van der Waals surface area contributed by atoms with Gasteiger partial charge in [-0.3, -0.25) is 9.59 Å². The Labute approximate surface area is 221 Å². The third kappa shape index (κ3) is 5.46. The summed E-state index contributed by atoms with van der Waals surface area (Å²) < 4.78 is 27.4. The fourth-order valence-corrected chi connectivity index (χ4v) is 4.32.